The van der Waals surface area contributed by atoms with Gasteiger partial charge in [0, 0.05) is 4.70 Å². The number of ether oxygens (including phenoxy) is 1. The first kappa shape index (κ1) is 15.2. The molecule has 1 N–H and O–H groups in total. The van der Waals surface area contributed by atoms with E-state index in [2.05, 4.69) is 10.5 Å². The second kappa shape index (κ2) is 7.07. The summed E-state index contributed by atoms with van der Waals surface area (Å²) in [5, 5.41) is 5.07. The van der Waals surface area contributed by atoms with E-state index in [4.69, 9.17) is 4.74 Å². The van der Waals surface area contributed by atoms with E-state index in [0.717, 1.165) is 21.4 Å². The summed E-state index contributed by atoms with van der Waals surface area (Å²) in [7, 11) is 0. The number of hydrazone groups is 1. The van der Waals surface area contributed by atoms with Crippen molar-refractivity contribution in [3.05, 3.63) is 65.0 Å². The SMILES string of the molecule is CCOc1ccc(/C=N/NC(=O)c2cc3ccccc3s2)cc1. The first-order valence-electron chi connectivity index (χ1n) is 7.31. The molecule has 1 aromatic heterocycles. The van der Waals surface area contributed by atoms with E-state index >= 15 is 0 Å². The van der Waals surface area contributed by atoms with Gasteiger partial charge in [0.05, 0.1) is 17.7 Å². The van der Waals surface area contributed by atoms with Crippen LogP contribution in [0.25, 0.3) is 10.1 Å². The van der Waals surface area contributed by atoms with Crippen LogP contribution in [-0.4, -0.2) is 18.7 Å². The van der Waals surface area contributed by atoms with Gasteiger partial charge < -0.3 is 4.74 Å². The lowest BCUT2D eigenvalue weighted by atomic mass is 10.2. The van der Waals surface area contributed by atoms with Crippen LogP contribution >= 0.6 is 11.3 Å². The number of fused-ring (bicyclic) bond motifs is 1. The summed E-state index contributed by atoms with van der Waals surface area (Å²) in [5.41, 5.74) is 3.45. The Morgan fingerprint density at radius 2 is 2.00 bits per heavy atom. The molecular formula is C18H16N2O2S. The molecule has 0 aliphatic rings. The van der Waals surface area contributed by atoms with Crippen LogP contribution < -0.4 is 10.2 Å². The first-order valence-corrected chi connectivity index (χ1v) is 8.13. The largest absolute Gasteiger partial charge is 0.494 e. The molecule has 0 unspecified atom stereocenters. The maximum atomic E-state index is 12.1. The number of carbonyl (C=O) groups excluding carboxylic acids is 1. The van der Waals surface area contributed by atoms with E-state index in [-0.39, 0.29) is 5.91 Å². The molecule has 116 valence electrons. The summed E-state index contributed by atoms with van der Waals surface area (Å²) in [6, 6.07) is 17.3. The van der Waals surface area contributed by atoms with Crippen molar-refractivity contribution in [1.29, 1.82) is 0 Å². The molecule has 0 saturated carbocycles. The number of hydrogen-bond donors (Lipinski definition) is 1. The molecule has 0 spiro atoms. The van der Waals surface area contributed by atoms with E-state index < -0.39 is 0 Å². The Morgan fingerprint density at radius 3 is 2.74 bits per heavy atom. The van der Waals surface area contributed by atoms with Gasteiger partial charge in [0.2, 0.25) is 0 Å². The molecule has 23 heavy (non-hydrogen) atoms. The van der Waals surface area contributed by atoms with Crippen LogP contribution in [0.5, 0.6) is 5.75 Å². The summed E-state index contributed by atoms with van der Waals surface area (Å²) in [6.45, 7) is 2.58. The standard InChI is InChI=1S/C18H16N2O2S/c1-2-22-15-9-7-13(8-10-15)12-19-20-18(21)17-11-14-5-3-4-6-16(14)23-17/h3-12H,2H2,1H3,(H,20,21)/b19-12+. The lowest BCUT2D eigenvalue weighted by Gasteiger charge is -2.02. The average Bonchev–Trinajstić information content (AvgIpc) is 3.01. The smallest absolute Gasteiger partial charge is 0.281 e. The maximum Gasteiger partial charge on any atom is 0.281 e. The second-order valence-electron chi connectivity index (χ2n) is 4.85. The number of amides is 1. The van der Waals surface area contributed by atoms with Crippen molar-refractivity contribution in [3.8, 4) is 5.75 Å². The molecule has 4 nitrogen and oxygen atoms in total. The minimum absolute atomic E-state index is 0.201. The zero-order chi connectivity index (χ0) is 16.1. The van der Waals surface area contributed by atoms with Gasteiger partial charge >= 0.3 is 0 Å². The van der Waals surface area contributed by atoms with Gasteiger partial charge in [0.1, 0.15) is 5.75 Å². The normalized spacial score (nSPS) is 11.0. The van der Waals surface area contributed by atoms with Gasteiger partial charge in [-0.25, -0.2) is 5.43 Å². The molecule has 5 heteroatoms. The van der Waals surface area contributed by atoms with Gasteiger partial charge in [0.25, 0.3) is 5.91 Å². The summed E-state index contributed by atoms with van der Waals surface area (Å²) >= 11 is 1.46. The molecule has 3 rings (SSSR count). The van der Waals surface area contributed by atoms with Crippen molar-refractivity contribution < 1.29 is 9.53 Å². The quantitative estimate of drug-likeness (QED) is 0.568. The number of benzene rings is 2. The topological polar surface area (TPSA) is 50.7 Å². The van der Waals surface area contributed by atoms with E-state index in [1.165, 1.54) is 11.3 Å². The van der Waals surface area contributed by atoms with E-state index in [9.17, 15) is 4.79 Å². The van der Waals surface area contributed by atoms with E-state index in [0.29, 0.717) is 11.5 Å². The fraction of sp³-hybridized carbons (Fsp3) is 0.111. The number of rotatable bonds is 5. The van der Waals surface area contributed by atoms with Crippen LogP contribution in [0.2, 0.25) is 0 Å². The fourth-order valence-corrected chi connectivity index (χ4v) is 3.08. The van der Waals surface area contributed by atoms with Gasteiger partial charge in [-0.3, -0.25) is 4.79 Å². The Morgan fingerprint density at radius 1 is 1.22 bits per heavy atom. The Hall–Kier alpha value is -2.66. The van der Waals surface area contributed by atoms with Crippen molar-refractivity contribution in [2.75, 3.05) is 6.61 Å². The monoisotopic (exact) mass is 324 g/mol. The summed E-state index contributed by atoms with van der Waals surface area (Å²) in [6.07, 6.45) is 1.61. The number of thiophene rings is 1. The fourth-order valence-electron chi connectivity index (χ4n) is 2.13. The molecule has 0 aliphatic carbocycles. The molecular weight excluding hydrogens is 308 g/mol. The Balaban J connectivity index is 1.63. The van der Waals surface area contributed by atoms with Gasteiger partial charge in [0.15, 0.2) is 0 Å². The zero-order valence-corrected chi connectivity index (χ0v) is 13.5. The predicted octanol–water partition coefficient (Wildman–Crippen LogP) is 4.06. The minimum Gasteiger partial charge on any atom is -0.494 e. The molecule has 1 heterocycles. The Labute approximate surface area is 138 Å². The van der Waals surface area contributed by atoms with Gasteiger partial charge in [-0.1, -0.05) is 18.2 Å². The van der Waals surface area contributed by atoms with Gasteiger partial charge in [-0.15, -0.1) is 11.3 Å². The summed E-state index contributed by atoms with van der Waals surface area (Å²) in [4.78, 5) is 12.8. The van der Waals surface area contributed by atoms with Crippen LogP contribution in [0, 0.1) is 0 Å². The molecule has 3 aromatic rings. The molecule has 0 radical (unpaired) electrons. The van der Waals surface area contributed by atoms with Crippen LogP contribution in [0.3, 0.4) is 0 Å². The van der Waals surface area contributed by atoms with Crippen LogP contribution in [0.4, 0.5) is 0 Å². The lowest BCUT2D eigenvalue weighted by Crippen LogP contribution is -2.16. The van der Waals surface area contributed by atoms with Crippen molar-refractivity contribution in [1.82, 2.24) is 5.43 Å². The minimum atomic E-state index is -0.201. The van der Waals surface area contributed by atoms with Crippen LogP contribution in [-0.2, 0) is 0 Å². The van der Waals surface area contributed by atoms with Crippen molar-refractivity contribution in [2.45, 2.75) is 6.92 Å². The third kappa shape index (κ3) is 3.76. The highest BCUT2D eigenvalue weighted by molar-refractivity contribution is 7.20. The third-order valence-electron chi connectivity index (χ3n) is 3.22. The maximum absolute atomic E-state index is 12.1. The average molecular weight is 324 g/mol. The first-order chi connectivity index (χ1) is 11.3. The second-order valence-corrected chi connectivity index (χ2v) is 5.93. The molecule has 0 aliphatic heterocycles. The molecule has 0 atom stereocenters. The number of nitrogens with one attached hydrogen (secondary N) is 1. The van der Waals surface area contributed by atoms with Crippen molar-refractivity contribution in [2.24, 2.45) is 5.10 Å². The van der Waals surface area contributed by atoms with E-state index in [1.54, 1.807) is 6.21 Å². The zero-order valence-electron chi connectivity index (χ0n) is 12.7. The van der Waals surface area contributed by atoms with Gasteiger partial charge in [-0.05, 0) is 54.3 Å². The number of carbonyl (C=O) groups is 1. The van der Waals surface area contributed by atoms with Crippen molar-refractivity contribution >= 4 is 33.5 Å². The predicted molar refractivity (Wildman–Crippen MR) is 94.5 cm³/mol. The Bertz CT molecular complexity index is 805. The van der Waals surface area contributed by atoms with Crippen LogP contribution in [0.15, 0.2) is 59.7 Å². The molecule has 2 aromatic carbocycles. The lowest BCUT2D eigenvalue weighted by molar-refractivity contribution is 0.0959. The van der Waals surface area contributed by atoms with Crippen LogP contribution in [0.1, 0.15) is 22.2 Å². The van der Waals surface area contributed by atoms with E-state index in [1.807, 2.05) is 61.5 Å². The van der Waals surface area contributed by atoms with Gasteiger partial charge in [-0.2, -0.15) is 5.10 Å². The van der Waals surface area contributed by atoms with Crippen molar-refractivity contribution in [3.63, 3.8) is 0 Å². The number of nitrogens with zero attached hydrogens (tertiary/aromatic N) is 1. The molecule has 1 amide bonds. The number of hydrogen-bond acceptors (Lipinski definition) is 4. The molecule has 0 saturated heterocycles. The highest BCUT2D eigenvalue weighted by atomic mass is 32.1. The molecule has 0 fully saturated rings. The third-order valence-corrected chi connectivity index (χ3v) is 4.33. The highest BCUT2D eigenvalue weighted by Crippen LogP contribution is 2.24. The molecule has 0 bridgehead atoms. The summed E-state index contributed by atoms with van der Waals surface area (Å²) in [5.74, 6) is 0.618. The highest BCUT2D eigenvalue weighted by Gasteiger charge is 2.08. The summed E-state index contributed by atoms with van der Waals surface area (Å²) < 4.78 is 6.47. The Kier molecular flexibility index (Phi) is 4.68.